The van der Waals surface area contributed by atoms with Crippen molar-refractivity contribution in [2.75, 3.05) is 54.6 Å². The fourth-order valence-corrected chi connectivity index (χ4v) is 4.00. The van der Waals surface area contributed by atoms with Crippen molar-refractivity contribution in [1.29, 1.82) is 0 Å². The first-order chi connectivity index (χ1) is 15.3. The number of rotatable bonds is 5. The highest BCUT2D eigenvalue weighted by atomic mass is 16.5. The summed E-state index contributed by atoms with van der Waals surface area (Å²) >= 11 is 0. The van der Waals surface area contributed by atoms with Gasteiger partial charge in [-0.05, 0) is 41.7 Å². The minimum Gasteiger partial charge on any atom is -0.378 e. The fourth-order valence-electron chi connectivity index (χ4n) is 4.00. The summed E-state index contributed by atoms with van der Waals surface area (Å²) in [5.74, 6) is 1.87. The third-order valence-corrected chi connectivity index (χ3v) is 5.70. The van der Waals surface area contributed by atoms with E-state index in [1.165, 1.54) is 30.0 Å². The van der Waals surface area contributed by atoms with Gasteiger partial charge in [0.05, 0.1) is 19.4 Å². The normalized spacial score (nSPS) is 17.4. The van der Waals surface area contributed by atoms with E-state index in [4.69, 9.17) is 9.72 Å². The Morgan fingerprint density at radius 1 is 0.806 bits per heavy atom. The lowest BCUT2D eigenvalue weighted by atomic mass is 10.1. The quantitative estimate of drug-likeness (QED) is 0.504. The molecule has 1 aromatic heterocycles. The van der Waals surface area contributed by atoms with Crippen molar-refractivity contribution < 1.29 is 4.74 Å². The molecule has 0 radical (unpaired) electrons. The molecule has 0 amide bonds. The van der Waals surface area contributed by atoms with Gasteiger partial charge < -0.3 is 14.5 Å². The van der Waals surface area contributed by atoms with E-state index in [1.807, 2.05) is 12.1 Å². The first-order valence-corrected chi connectivity index (χ1v) is 11.0. The van der Waals surface area contributed by atoms with Crippen LogP contribution in [0.15, 0.2) is 47.6 Å². The van der Waals surface area contributed by atoms with Gasteiger partial charge in [-0.2, -0.15) is 20.1 Å². The largest absolute Gasteiger partial charge is 0.378 e. The Bertz CT molecular complexity index is 1020. The molecule has 3 heterocycles. The number of benzene rings is 2. The molecule has 2 fully saturated rings. The number of nitrogens with zero attached hydrogens (tertiary/aromatic N) is 6. The number of hydrazone groups is 1. The summed E-state index contributed by atoms with van der Waals surface area (Å²) < 4.78 is 5.48. The van der Waals surface area contributed by atoms with Gasteiger partial charge in [-0.25, -0.2) is 5.43 Å². The average molecular weight is 418 g/mol. The lowest BCUT2D eigenvalue weighted by molar-refractivity contribution is 0.122. The van der Waals surface area contributed by atoms with E-state index in [-0.39, 0.29) is 0 Å². The molecule has 0 saturated carbocycles. The zero-order valence-corrected chi connectivity index (χ0v) is 17.6. The number of fused-ring (bicyclic) bond motifs is 1. The number of morpholine rings is 1. The van der Waals surface area contributed by atoms with Gasteiger partial charge in [-0.15, -0.1) is 0 Å². The average Bonchev–Trinajstić information content (AvgIpc) is 2.85. The number of nitrogens with one attached hydrogen (secondary N) is 1. The molecule has 1 N–H and O–H groups in total. The first-order valence-electron chi connectivity index (χ1n) is 11.0. The van der Waals surface area contributed by atoms with Crippen LogP contribution in [-0.2, 0) is 4.74 Å². The Morgan fingerprint density at radius 2 is 1.52 bits per heavy atom. The number of anilines is 3. The molecule has 0 atom stereocenters. The van der Waals surface area contributed by atoms with E-state index in [0.29, 0.717) is 25.1 Å². The van der Waals surface area contributed by atoms with Gasteiger partial charge in [0.2, 0.25) is 17.8 Å². The summed E-state index contributed by atoms with van der Waals surface area (Å²) in [6.45, 7) is 4.90. The van der Waals surface area contributed by atoms with Gasteiger partial charge in [0.15, 0.2) is 0 Å². The second kappa shape index (κ2) is 9.26. The summed E-state index contributed by atoms with van der Waals surface area (Å²) in [7, 11) is 0. The van der Waals surface area contributed by atoms with E-state index in [1.54, 1.807) is 6.21 Å². The maximum atomic E-state index is 5.48. The molecular weight excluding hydrogens is 390 g/mol. The van der Waals surface area contributed by atoms with Crippen molar-refractivity contribution in [3.63, 3.8) is 0 Å². The van der Waals surface area contributed by atoms with Crippen molar-refractivity contribution in [2.45, 2.75) is 19.3 Å². The number of hydrogen-bond acceptors (Lipinski definition) is 8. The van der Waals surface area contributed by atoms with E-state index in [9.17, 15) is 0 Å². The van der Waals surface area contributed by atoms with Crippen molar-refractivity contribution in [2.24, 2.45) is 5.10 Å². The van der Waals surface area contributed by atoms with Crippen molar-refractivity contribution in [3.8, 4) is 0 Å². The predicted octanol–water partition coefficient (Wildman–Crippen LogP) is 3.30. The predicted molar refractivity (Wildman–Crippen MR) is 124 cm³/mol. The minimum atomic E-state index is 0.467. The van der Waals surface area contributed by atoms with Crippen LogP contribution in [0.3, 0.4) is 0 Å². The summed E-state index contributed by atoms with van der Waals surface area (Å²) in [6.07, 6.45) is 5.40. The zero-order valence-electron chi connectivity index (χ0n) is 17.6. The van der Waals surface area contributed by atoms with Gasteiger partial charge in [0.25, 0.3) is 0 Å². The Morgan fingerprint density at radius 3 is 2.29 bits per heavy atom. The molecule has 2 aromatic carbocycles. The summed E-state index contributed by atoms with van der Waals surface area (Å²) in [6, 6.07) is 14.6. The summed E-state index contributed by atoms with van der Waals surface area (Å²) in [5.41, 5.74) is 4.04. The van der Waals surface area contributed by atoms with Crippen molar-refractivity contribution in [3.05, 3.63) is 48.0 Å². The third-order valence-electron chi connectivity index (χ3n) is 5.70. The second-order valence-electron chi connectivity index (χ2n) is 7.88. The maximum absolute atomic E-state index is 5.48. The van der Waals surface area contributed by atoms with Gasteiger partial charge in [0.1, 0.15) is 0 Å². The molecule has 2 aliphatic rings. The molecule has 2 saturated heterocycles. The minimum absolute atomic E-state index is 0.467. The Balaban J connectivity index is 1.37. The van der Waals surface area contributed by atoms with Crippen LogP contribution in [0.1, 0.15) is 24.8 Å². The van der Waals surface area contributed by atoms with E-state index >= 15 is 0 Å². The SMILES string of the molecule is C(=N/Nc1nc(N2CCCCC2)nc(N2CCOCC2)n1)/c1ccc2ccccc2c1. The van der Waals surface area contributed by atoms with Crippen molar-refractivity contribution >= 4 is 34.8 Å². The van der Waals surface area contributed by atoms with Crippen LogP contribution in [-0.4, -0.2) is 60.6 Å². The number of ether oxygens (including phenoxy) is 1. The molecule has 3 aromatic rings. The highest BCUT2D eigenvalue weighted by Gasteiger charge is 2.20. The van der Waals surface area contributed by atoms with E-state index < -0.39 is 0 Å². The molecule has 0 unspecified atom stereocenters. The van der Waals surface area contributed by atoms with Crippen LogP contribution in [0.5, 0.6) is 0 Å². The Hall–Kier alpha value is -3.26. The smallest absolute Gasteiger partial charge is 0.250 e. The molecule has 2 aliphatic heterocycles. The van der Waals surface area contributed by atoms with Crippen LogP contribution in [0.4, 0.5) is 17.8 Å². The maximum Gasteiger partial charge on any atom is 0.250 e. The topological polar surface area (TPSA) is 78.8 Å². The van der Waals surface area contributed by atoms with Crippen molar-refractivity contribution in [1.82, 2.24) is 15.0 Å². The highest BCUT2D eigenvalue weighted by molar-refractivity contribution is 5.90. The zero-order chi connectivity index (χ0) is 20.9. The summed E-state index contributed by atoms with van der Waals surface area (Å²) in [5, 5.41) is 6.80. The first kappa shape index (κ1) is 19.7. The molecule has 0 spiro atoms. The van der Waals surface area contributed by atoms with Crippen LogP contribution in [0.2, 0.25) is 0 Å². The molecule has 31 heavy (non-hydrogen) atoms. The van der Waals surface area contributed by atoms with Crippen LogP contribution in [0.25, 0.3) is 10.8 Å². The molecule has 8 nitrogen and oxygen atoms in total. The highest BCUT2D eigenvalue weighted by Crippen LogP contribution is 2.21. The number of hydrogen-bond donors (Lipinski definition) is 1. The Kier molecular flexibility index (Phi) is 5.88. The van der Waals surface area contributed by atoms with Crippen LogP contribution < -0.4 is 15.2 Å². The lowest BCUT2D eigenvalue weighted by Crippen LogP contribution is -2.38. The van der Waals surface area contributed by atoms with Gasteiger partial charge in [-0.3, -0.25) is 0 Å². The van der Waals surface area contributed by atoms with Gasteiger partial charge in [-0.1, -0.05) is 36.4 Å². The third kappa shape index (κ3) is 4.74. The Labute approximate surface area is 182 Å². The monoisotopic (exact) mass is 417 g/mol. The standard InChI is InChI=1S/C23H27N7O/c1-4-10-29(11-5-1)22-25-21(26-23(27-22)30-12-14-31-15-13-30)28-24-17-18-8-9-19-6-2-3-7-20(19)16-18/h2-3,6-9,16-17H,1,4-5,10-15H2,(H,25,26,27,28)/b24-17-. The number of aromatic nitrogens is 3. The fraction of sp³-hybridized carbons (Fsp3) is 0.391. The molecular formula is C23H27N7O. The number of piperidine rings is 1. The molecule has 8 heteroatoms. The second-order valence-corrected chi connectivity index (χ2v) is 7.88. The van der Waals surface area contributed by atoms with E-state index in [0.717, 1.165) is 37.7 Å². The van der Waals surface area contributed by atoms with Gasteiger partial charge >= 0.3 is 0 Å². The molecule has 0 bridgehead atoms. The van der Waals surface area contributed by atoms with Crippen LogP contribution in [0, 0.1) is 0 Å². The van der Waals surface area contributed by atoms with Gasteiger partial charge in [0, 0.05) is 26.2 Å². The van der Waals surface area contributed by atoms with Crippen LogP contribution >= 0.6 is 0 Å². The molecule has 160 valence electrons. The summed E-state index contributed by atoms with van der Waals surface area (Å²) in [4.78, 5) is 18.4. The molecule has 0 aliphatic carbocycles. The molecule has 5 rings (SSSR count). The lowest BCUT2D eigenvalue weighted by Gasteiger charge is -2.30. The van der Waals surface area contributed by atoms with E-state index in [2.05, 4.69) is 60.6 Å².